The Kier molecular flexibility index (Phi) is 4.27. The van der Waals surface area contributed by atoms with Gasteiger partial charge in [0.15, 0.2) is 0 Å². The molecule has 1 aliphatic carbocycles. The lowest BCUT2D eigenvalue weighted by atomic mass is 9.91. The van der Waals surface area contributed by atoms with Gasteiger partial charge in [-0.25, -0.2) is 0 Å². The van der Waals surface area contributed by atoms with Gasteiger partial charge in [0.2, 0.25) is 0 Å². The minimum atomic E-state index is -0.307. The van der Waals surface area contributed by atoms with Gasteiger partial charge in [0.25, 0.3) is 0 Å². The van der Waals surface area contributed by atoms with Gasteiger partial charge in [-0.1, -0.05) is 18.2 Å². The third-order valence-corrected chi connectivity index (χ3v) is 4.85. The van der Waals surface area contributed by atoms with Crippen molar-refractivity contribution >= 4 is 5.69 Å². The van der Waals surface area contributed by atoms with Crippen LogP contribution >= 0.6 is 0 Å². The molecule has 1 saturated carbocycles. The molecule has 3 nitrogen and oxygen atoms in total. The number of anilines is 1. The second kappa shape index (κ2) is 6.15. The van der Waals surface area contributed by atoms with E-state index in [9.17, 15) is 5.11 Å². The second-order valence-corrected chi connectivity index (χ2v) is 6.09. The zero-order chi connectivity index (χ0) is 13.9. The molecule has 3 atom stereocenters. The van der Waals surface area contributed by atoms with Gasteiger partial charge in [-0.3, -0.25) is 0 Å². The third-order valence-electron chi connectivity index (χ3n) is 4.85. The Bertz CT molecular complexity index is 448. The molecule has 3 unspecified atom stereocenters. The molecular weight excluding hydrogens is 250 g/mol. The van der Waals surface area contributed by atoms with Gasteiger partial charge in [0.05, 0.1) is 12.2 Å². The Balaban J connectivity index is 1.87. The normalized spacial score (nSPS) is 30.7. The first kappa shape index (κ1) is 13.9. The van der Waals surface area contributed by atoms with Crippen molar-refractivity contribution in [2.24, 2.45) is 0 Å². The first-order valence-electron chi connectivity index (χ1n) is 7.86. The molecule has 0 radical (unpaired) electrons. The van der Waals surface area contributed by atoms with E-state index in [1.807, 2.05) is 13.2 Å². The first-order chi connectivity index (χ1) is 9.79. The lowest BCUT2D eigenvalue weighted by molar-refractivity contribution is 0.0631. The van der Waals surface area contributed by atoms with Gasteiger partial charge in [0, 0.05) is 30.9 Å². The Morgan fingerprint density at radius 1 is 1.15 bits per heavy atom. The van der Waals surface area contributed by atoms with Crippen LogP contribution in [0, 0.1) is 0 Å². The Morgan fingerprint density at radius 3 is 2.85 bits per heavy atom. The Labute approximate surface area is 121 Å². The van der Waals surface area contributed by atoms with E-state index in [0.29, 0.717) is 12.1 Å². The van der Waals surface area contributed by atoms with Gasteiger partial charge >= 0.3 is 0 Å². The summed E-state index contributed by atoms with van der Waals surface area (Å²) in [6, 6.07) is 8.92. The number of para-hydroxylation sites is 1. The van der Waals surface area contributed by atoms with Crippen LogP contribution in [-0.2, 0) is 4.74 Å². The smallest absolute Gasteiger partial charge is 0.0810 e. The maximum absolute atomic E-state index is 10.3. The third kappa shape index (κ3) is 2.70. The van der Waals surface area contributed by atoms with E-state index >= 15 is 0 Å². The maximum atomic E-state index is 10.3. The molecule has 0 saturated heterocycles. The number of benzene rings is 1. The van der Waals surface area contributed by atoms with Gasteiger partial charge < -0.3 is 14.7 Å². The van der Waals surface area contributed by atoms with Crippen LogP contribution in [0.25, 0.3) is 0 Å². The summed E-state index contributed by atoms with van der Waals surface area (Å²) in [7, 11) is 1.83. The molecule has 0 aromatic heterocycles. The standard InChI is InChI=1S/C17H25NO2/c1-20-14-7-4-6-13(12-14)18-11-5-10-17(19)15-8-2-3-9-16(15)18/h2-3,8-9,13-14,17,19H,4-7,10-12H2,1H3. The SMILES string of the molecule is COC1CCCC(N2CCCC(O)c3ccccc32)C1. The lowest BCUT2D eigenvalue weighted by Gasteiger charge is -2.38. The summed E-state index contributed by atoms with van der Waals surface area (Å²) in [5.41, 5.74) is 2.34. The molecule has 0 bridgehead atoms. The van der Waals surface area contributed by atoms with Crippen molar-refractivity contribution in [3.63, 3.8) is 0 Å². The average molecular weight is 275 g/mol. The zero-order valence-electron chi connectivity index (χ0n) is 12.3. The number of fused-ring (bicyclic) bond motifs is 1. The molecule has 3 heteroatoms. The van der Waals surface area contributed by atoms with Crippen LogP contribution in [-0.4, -0.2) is 30.9 Å². The van der Waals surface area contributed by atoms with Crippen LogP contribution in [0.2, 0.25) is 0 Å². The van der Waals surface area contributed by atoms with Crippen LogP contribution in [0.15, 0.2) is 24.3 Å². The van der Waals surface area contributed by atoms with Crippen molar-refractivity contribution in [3.8, 4) is 0 Å². The predicted octanol–water partition coefficient (Wildman–Crippen LogP) is 3.28. The van der Waals surface area contributed by atoms with Crippen molar-refractivity contribution < 1.29 is 9.84 Å². The molecule has 1 fully saturated rings. The number of aliphatic hydroxyl groups excluding tert-OH is 1. The molecule has 0 amide bonds. The van der Waals surface area contributed by atoms with Crippen molar-refractivity contribution in [3.05, 3.63) is 29.8 Å². The fourth-order valence-electron chi connectivity index (χ4n) is 3.76. The summed E-state index contributed by atoms with van der Waals surface area (Å²) in [6.07, 6.45) is 6.80. The largest absolute Gasteiger partial charge is 0.388 e. The second-order valence-electron chi connectivity index (χ2n) is 6.09. The van der Waals surface area contributed by atoms with E-state index in [4.69, 9.17) is 4.74 Å². The van der Waals surface area contributed by atoms with Gasteiger partial charge in [-0.15, -0.1) is 0 Å². The molecule has 1 heterocycles. The molecule has 1 aromatic rings. The Hall–Kier alpha value is -1.06. The van der Waals surface area contributed by atoms with Crippen molar-refractivity contribution in [2.45, 2.75) is 56.8 Å². The quantitative estimate of drug-likeness (QED) is 0.899. The van der Waals surface area contributed by atoms with E-state index in [1.54, 1.807) is 0 Å². The number of methoxy groups -OCH3 is 1. The maximum Gasteiger partial charge on any atom is 0.0810 e. The fraction of sp³-hybridized carbons (Fsp3) is 0.647. The zero-order valence-corrected chi connectivity index (χ0v) is 12.3. The molecule has 110 valence electrons. The highest BCUT2D eigenvalue weighted by Gasteiger charge is 2.30. The molecular formula is C17H25NO2. The highest BCUT2D eigenvalue weighted by atomic mass is 16.5. The van der Waals surface area contributed by atoms with Crippen LogP contribution in [0.1, 0.15) is 50.2 Å². The Morgan fingerprint density at radius 2 is 2.00 bits per heavy atom. The van der Waals surface area contributed by atoms with E-state index in [0.717, 1.165) is 31.4 Å². The average Bonchev–Trinajstić information content (AvgIpc) is 2.67. The van der Waals surface area contributed by atoms with Crippen molar-refractivity contribution in [1.29, 1.82) is 0 Å². The van der Waals surface area contributed by atoms with Crippen LogP contribution in [0.3, 0.4) is 0 Å². The fourth-order valence-corrected chi connectivity index (χ4v) is 3.76. The number of ether oxygens (including phenoxy) is 1. The molecule has 0 spiro atoms. The lowest BCUT2D eigenvalue weighted by Crippen LogP contribution is -2.41. The van der Waals surface area contributed by atoms with Crippen LogP contribution in [0.5, 0.6) is 0 Å². The van der Waals surface area contributed by atoms with Crippen molar-refractivity contribution in [1.82, 2.24) is 0 Å². The van der Waals surface area contributed by atoms with E-state index in [-0.39, 0.29) is 6.10 Å². The minimum Gasteiger partial charge on any atom is -0.388 e. The summed E-state index contributed by atoms with van der Waals surface area (Å²) in [5.74, 6) is 0. The summed E-state index contributed by atoms with van der Waals surface area (Å²) in [5, 5.41) is 10.3. The number of rotatable bonds is 2. The van der Waals surface area contributed by atoms with E-state index in [2.05, 4.69) is 23.1 Å². The van der Waals surface area contributed by atoms with Gasteiger partial charge in [-0.2, -0.15) is 0 Å². The topological polar surface area (TPSA) is 32.7 Å². The monoisotopic (exact) mass is 275 g/mol. The summed E-state index contributed by atoms with van der Waals surface area (Å²) in [6.45, 7) is 1.05. The number of aliphatic hydroxyl groups is 1. The molecule has 1 aliphatic heterocycles. The van der Waals surface area contributed by atoms with Gasteiger partial charge in [0.1, 0.15) is 0 Å². The molecule has 20 heavy (non-hydrogen) atoms. The number of nitrogens with zero attached hydrogens (tertiary/aromatic N) is 1. The predicted molar refractivity (Wildman–Crippen MR) is 81.0 cm³/mol. The van der Waals surface area contributed by atoms with E-state index < -0.39 is 0 Å². The number of hydrogen-bond donors (Lipinski definition) is 1. The highest BCUT2D eigenvalue weighted by Crippen LogP contribution is 2.37. The van der Waals surface area contributed by atoms with Gasteiger partial charge in [-0.05, 0) is 44.6 Å². The van der Waals surface area contributed by atoms with Crippen molar-refractivity contribution in [2.75, 3.05) is 18.6 Å². The first-order valence-corrected chi connectivity index (χ1v) is 7.86. The van der Waals surface area contributed by atoms with Crippen LogP contribution < -0.4 is 4.90 Å². The summed E-state index contributed by atoms with van der Waals surface area (Å²) in [4.78, 5) is 2.52. The highest BCUT2D eigenvalue weighted by molar-refractivity contribution is 5.56. The molecule has 2 aliphatic rings. The molecule has 1 N–H and O–H groups in total. The molecule has 3 rings (SSSR count). The minimum absolute atomic E-state index is 0.307. The van der Waals surface area contributed by atoms with E-state index in [1.165, 1.54) is 24.9 Å². The molecule has 1 aromatic carbocycles. The summed E-state index contributed by atoms with van der Waals surface area (Å²) < 4.78 is 5.58. The van der Waals surface area contributed by atoms with Crippen LogP contribution in [0.4, 0.5) is 5.69 Å². The summed E-state index contributed by atoms with van der Waals surface area (Å²) >= 11 is 0. The number of hydrogen-bond acceptors (Lipinski definition) is 3.